The highest BCUT2D eigenvalue weighted by molar-refractivity contribution is 5.52. The molecule has 1 aromatic rings. The number of aryl methyl sites for hydroxylation is 2. The van der Waals surface area contributed by atoms with E-state index in [-0.39, 0.29) is 0 Å². The predicted octanol–water partition coefficient (Wildman–Crippen LogP) is 2.33. The van der Waals surface area contributed by atoms with Crippen molar-refractivity contribution in [3.05, 3.63) is 23.3 Å². The summed E-state index contributed by atoms with van der Waals surface area (Å²) in [5.74, 6) is 1.89. The van der Waals surface area contributed by atoms with Crippen LogP contribution in [0.5, 0.6) is 11.5 Å². The molecule has 13 heavy (non-hydrogen) atoms. The Labute approximate surface area is 78.5 Å². The molecule has 0 amide bonds. The Balaban J connectivity index is 2.52. The van der Waals surface area contributed by atoms with Gasteiger partial charge in [0.2, 0.25) is 0 Å². The van der Waals surface area contributed by atoms with E-state index in [4.69, 9.17) is 9.47 Å². The Kier molecular flexibility index (Phi) is 2.13. The van der Waals surface area contributed by atoms with Gasteiger partial charge in [0.1, 0.15) is 13.2 Å². The van der Waals surface area contributed by atoms with Crippen molar-refractivity contribution < 1.29 is 9.47 Å². The fourth-order valence-corrected chi connectivity index (χ4v) is 1.61. The topological polar surface area (TPSA) is 18.5 Å². The third-order valence-corrected chi connectivity index (χ3v) is 2.35. The summed E-state index contributed by atoms with van der Waals surface area (Å²) < 4.78 is 11.2. The van der Waals surface area contributed by atoms with Gasteiger partial charge in [0, 0.05) is 0 Å². The zero-order chi connectivity index (χ0) is 9.26. The second-order valence-corrected chi connectivity index (χ2v) is 3.25. The second-order valence-electron chi connectivity index (χ2n) is 3.25. The number of fused-ring (bicyclic) bond motifs is 1. The van der Waals surface area contributed by atoms with Crippen LogP contribution in [0.1, 0.15) is 18.1 Å². The van der Waals surface area contributed by atoms with Gasteiger partial charge in [0.25, 0.3) is 0 Å². The maximum Gasteiger partial charge on any atom is 0.164 e. The first-order valence-corrected chi connectivity index (χ1v) is 4.71. The number of ether oxygens (including phenoxy) is 2. The molecule has 1 aliphatic heterocycles. The van der Waals surface area contributed by atoms with Gasteiger partial charge in [-0.25, -0.2) is 0 Å². The van der Waals surface area contributed by atoms with Gasteiger partial charge in [0.05, 0.1) is 0 Å². The molecule has 0 unspecified atom stereocenters. The van der Waals surface area contributed by atoms with Crippen molar-refractivity contribution >= 4 is 0 Å². The standard InChI is InChI=1S/C11H14O2/c1-3-9-5-4-8(2)10-11(9)13-7-6-12-10/h4-5H,3,6-7H2,1-2H3. The molecule has 1 aliphatic rings. The molecular weight excluding hydrogens is 164 g/mol. The first-order chi connectivity index (χ1) is 6.33. The van der Waals surface area contributed by atoms with Gasteiger partial charge in [-0.3, -0.25) is 0 Å². The minimum Gasteiger partial charge on any atom is -0.486 e. The molecule has 2 heteroatoms. The minimum atomic E-state index is 0.668. The van der Waals surface area contributed by atoms with Crippen LogP contribution in [0, 0.1) is 6.92 Å². The largest absolute Gasteiger partial charge is 0.486 e. The van der Waals surface area contributed by atoms with Crippen LogP contribution in [-0.4, -0.2) is 13.2 Å². The van der Waals surface area contributed by atoms with Crippen LogP contribution in [0.2, 0.25) is 0 Å². The molecule has 0 aromatic heterocycles. The molecular formula is C11H14O2. The Morgan fingerprint density at radius 1 is 1.15 bits per heavy atom. The molecule has 1 aromatic carbocycles. The van der Waals surface area contributed by atoms with E-state index in [0.29, 0.717) is 13.2 Å². The van der Waals surface area contributed by atoms with Crippen LogP contribution >= 0.6 is 0 Å². The van der Waals surface area contributed by atoms with Crippen molar-refractivity contribution in [1.29, 1.82) is 0 Å². The van der Waals surface area contributed by atoms with E-state index < -0.39 is 0 Å². The van der Waals surface area contributed by atoms with E-state index in [9.17, 15) is 0 Å². The fourth-order valence-electron chi connectivity index (χ4n) is 1.61. The SMILES string of the molecule is CCc1ccc(C)c2c1OCCO2. The maximum atomic E-state index is 5.60. The lowest BCUT2D eigenvalue weighted by Gasteiger charge is -2.22. The van der Waals surface area contributed by atoms with Crippen LogP contribution in [0.15, 0.2) is 12.1 Å². The van der Waals surface area contributed by atoms with Crippen molar-refractivity contribution in [2.24, 2.45) is 0 Å². The number of hydrogen-bond donors (Lipinski definition) is 0. The van der Waals surface area contributed by atoms with E-state index in [1.807, 2.05) is 6.92 Å². The van der Waals surface area contributed by atoms with E-state index >= 15 is 0 Å². The monoisotopic (exact) mass is 178 g/mol. The highest BCUT2D eigenvalue weighted by Crippen LogP contribution is 2.36. The summed E-state index contributed by atoms with van der Waals surface area (Å²) in [7, 11) is 0. The lowest BCUT2D eigenvalue weighted by atomic mass is 10.1. The summed E-state index contributed by atoms with van der Waals surface area (Å²) in [6, 6.07) is 4.20. The molecule has 0 aliphatic carbocycles. The van der Waals surface area contributed by atoms with Gasteiger partial charge in [-0.05, 0) is 24.5 Å². The third-order valence-electron chi connectivity index (χ3n) is 2.35. The number of rotatable bonds is 1. The molecule has 0 spiro atoms. The lowest BCUT2D eigenvalue weighted by molar-refractivity contribution is 0.169. The zero-order valence-corrected chi connectivity index (χ0v) is 8.09. The molecule has 0 radical (unpaired) electrons. The summed E-state index contributed by atoms with van der Waals surface area (Å²) in [6.07, 6.45) is 0.992. The second kappa shape index (κ2) is 3.29. The van der Waals surface area contributed by atoms with Crippen molar-refractivity contribution in [3.63, 3.8) is 0 Å². The van der Waals surface area contributed by atoms with Crippen LogP contribution in [0.25, 0.3) is 0 Å². The molecule has 0 N–H and O–H groups in total. The van der Waals surface area contributed by atoms with E-state index in [2.05, 4.69) is 19.1 Å². The van der Waals surface area contributed by atoms with Crippen LogP contribution in [0.4, 0.5) is 0 Å². The molecule has 0 bridgehead atoms. The molecule has 2 nitrogen and oxygen atoms in total. The minimum absolute atomic E-state index is 0.668. The van der Waals surface area contributed by atoms with Gasteiger partial charge in [-0.2, -0.15) is 0 Å². The Bertz CT molecular complexity index is 318. The summed E-state index contributed by atoms with van der Waals surface area (Å²) >= 11 is 0. The van der Waals surface area contributed by atoms with E-state index in [1.54, 1.807) is 0 Å². The van der Waals surface area contributed by atoms with Crippen molar-refractivity contribution in [1.82, 2.24) is 0 Å². The van der Waals surface area contributed by atoms with Gasteiger partial charge >= 0.3 is 0 Å². The maximum absolute atomic E-state index is 5.60. The molecule has 0 atom stereocenters. The van der Waals surface area contributed by atoms with E-state index in [1.165, 1.54) is 5.56 Å². The number of benzene rings is 1. The first kappa shape index (κ1) is 8.42. The molecule has 2 rings (SSSR count). The molecule has 70 valence electrons. The Morgan fingerprint density at radius 3 is 2.54 bits per heavy atom. The van der Waals surface area contributed by atoms with Crippen LogP contribution in [-0.2, 0) is 6.42 Å². The van der Waals surface area contributed by atoms with Crippen LogP contribution < -0.4 is 9.47 Å². The average molecular weight is 178 g/mol. The van der Waals surface area contributed by atoms with Gasteiger partial charge in [0.15, 0.2) is 11.5 Å². The van der Waals surface area contributed by atoms with Gasteiger partial charge in [-0.15, -0.1) is 0 Å². The van der Waals surface area contributed by atoms with Gasteiger partial charge < -0.3 is 9.47 Å². The highest BCUT2D eigenvalue weighted by Gasteiger charge is 2.16. The highest BCUT2D eigenvalue weighted by atomic mass is 16.6. The Hall–Kier alpha value is -1.18. The third kappa shape index (κ3) is 1.37. The lowest BCUT2D eigenvalue weighted by Crippen LogP contribution is -2.17. The van der Waals surface area contributed by atoms with Gasteiger partial charge in [-0.1, -0.05) is 19.1 Å². The van der Waals surface area contributed by atoms with Crippen LogP contribution in [0.3, 0.4) is 0 Å². The summed E-state index contributed by atoms with van der Waals surface area (Å²) in [6.45, 7) is 5.51. The van der Waals surface area contributed by atoms with E-state index in [0.717, 1.165) is 23.5 Å². The summed E-state index contributed by atoms with van der Waals surface area (Å²) in [5, 5.41) is 0. The molecule has 1 heterocycles. The van der Waals surface area contributed by atoms with Crippen molar-refractivity contribution in [2.45, 2.75) is 20.3 Å². The Morgan fingerprint density at radius 2 is 1.85 bits per heavy atom. The summed E-state index contributed by atoms with van der Waals surface area (Å²) in [4.78, 5) is 0. The zero-order valence-electron chi connectivity index (χ0n) is 8.09. The quantitative estimate of drug-likeness (QED) is 0.657. The normalized spacial score (nSPS) is 14.3. The predicted molar refractivity (Wildman–Crippen MR) is 51.5 cm³/mol. The molecule has 0 saturated carbocycles. The smallest absolute Gasteiger partial charge is 0.164 e. The van der Waals surface area contributed by atoms with Crippen molar-refractivity contribution in [3.8, 4) is 11.5 Å². The van der Waals surface area contributed by atoms with Crippen molar-refractivity contribution in [2.75, 3.05) is 13.2 Å². The fraction of sp³-hybridized carbons (Fsp3) is 0.455. The first-order valence-electron chi connectivity index (χ1n) is 4.71. The molecule has 0 fully saturated rings. The molecule has 0 saturated heterocycles. The average Bonchev–Trinajstić information content (AvgIpc) is 2.19. The number of hydrogen-bond acceptors (Lipinski definition) is 2. The summed E-state index contributed by atoms with van der Waals surface area (Å²) in [5.41, 5.74) is 2.40.